The molecule has 128 valence electrons. The number of hydrogen-bond acceptors (Lipinski definition) is 5. The van der Waals surface area contributed by atoms with E-state index in [2.05, 4.69) is 4.72 Å². The summed E-state index contributed by atoms with van der Waals surface area (Å²) in [7, 11) is -3.46. The zero-order valence-corrected chi connectivity index (χ0v) is 15.1. The van der Waals surface area contributed by atoms with E-state index in [1.165, 1.54) is 11.3 Å². The summed E-state index contributed by atoms with van der Waals surface area (Å²) in [6.45, 7) is 4.12. The molecule has 1 aromatic heterocycles. The fraction of sp³-hybridized carbons (Fsp3) is 0.688. The summed E-state index contributed by atoms with van der Waals surface area (Å²) in [5, 5.41) is 0. The molecule has 5 nitrogen and oxygen atoms in total. The van der Waals surface area contributed by atoms with Crippen molar-refractivity contribution < 1.29 is 17.9 Å². The first kappa shape index (κ1) is 16.9. The molecule has 23 heavy (non-hydrogen) atoms. The highest BCUT2D eigenvalue weighted by Gasteiger charge is 2.46. The second-order valence-corrected chi connectivity index (χ2v) is 9.76. The number of aryl methyl sites for hydroxylation is 1. The molecule has 1 aromatic rings. The van der Waals surface area contributed by atoms with Crippen LogP contribution in [0.15, 0.2) is 16.3 Å². The minimum atomic E-state index is -3.46. The second kappa shape index (κ2) is 6.53. The summed E-state index contributed by atoms with van der Waals surface area (Å²) < 4.78 is 33.5. The van der Waals surface area contributed by atoms with Gasteiger partial charge in [0.2, 0.25) is 10.0 Å². The summed E-state index contributed by atoms with van der Waals surface area (Å²) >= 11 is 1.29. The Morgan fingerprint density at radius 1 is 1.30 bits per heavy atom. The summed E-state index contributed by atoms with van der Waals surface area (Å²) in [5.74, 6) is 0.273. The van der Waals surface area contributed by atoms with E-state index in [1.54, 1.807) is 6.07 Å². The molecule has 2 atom stereocenters. The molecule has 0 aromatic carbocycles. The number of esters is 1. The monoisotopic (exact) mass is 357 g/mol. The van der Waals surface area contributed by atoms with Crippen molar-refractivity contribution in [3.05, 3.63) is 17.0 Å². The van der Waals surface area contributed by atoms with Crippen molar-refractivity contribution in [2.45, 2.75) is 49.8 Å². The molecular formula is C16H23NO4S2. The molecule has 7 heteroatoms. The third-order valence-electron chi connectivity index (χ3n) is 4.99. The van der Waals surface area contributed by atoms with Crippen molar-refractivity contribution >= 4 is 27.3 Å². The highest BCUT2D eigenvalue weighted by Crippen LogP contribution is 2.45. The Hall–Kier alpha value is -0.920. The van der Waals surface area contributed by atoms with E-state index >= 15 is 0 Å². The fourth-order valence-corrected chi connectivity index (χ4v) is 6.64. The number of hydrogen-bond donors (Lipinski definition) is 1. The second-order valence-electron chi connectivity index (χ2n) is 6.53. The first-order chi connectivity index (χ1) is 10.9. The third-order valence-corrected chi connectivity index (χ3v) is 7.94. The van der Waals surface area contributed by atoms with Gasteiger partial charge in [-0.2, -0.15) is 0 Å². The largest absolute Gasteiger partial charge is 0.466 e. The van der Waals surface area contributed by atoms with Crippen molar-refractivity contribution in [3.8, 4) is 0 Å². The van der Waals surface area contributed by atoms with Crippen molar-refractivity contribution in [1.82, 2.24) is 4.72 Å². The smallest absolute Gasteiger partial charge is 0.308 e. The lowest BCUT2D eigenvalue weighted by Gasteiger charge is -2.34. The van der Waals surface area contributed by atoms with Crippen LogP contribution in [0.5, 0.6) is 0 Å². The molecule has 2 aliphatic carbocycles. The van der Waals surface area contributed by atoms with Crippen LogP contribution in [0.3, 0.4) is 0 Å². The van der Waals surface area contributed by atoms with E-state index in [0.29, 0.717) is 10.8 Å². The minimum absolute atomic E-state index is 0.0481. The number of ether oxygens (including phenoxy) is 1. The summed E-state index contributed by atoms with van der Waals surface area (Å²) in [6.07, 6.45) is 3.42. The van der Waals surface area contributed by atoms with E-state index in [0.717, 1.165) is 30.6 Å². The van der Waals surface area contributed by atoms with Crippen LogP contribution in [0, 0.1) is 24.7 Å². The Morgan fingerprint density at radius 2 is 1.96 bits per heavy atom. The maximum Gasteiger partial charge on any atom is 0.308 e. The number of fused-ring (bicyclic) bond motifs is 2. The van der Waals surface area contributed by atoms with Crippen LogP contribution in [0.25, 0.3) is 0 Å². The number of nitrogens with one attached hydrogen (secondary N) is 1. The lowest BCUT2D eigenvalue weighted by molar-refractivity contribution is -0.150. The maximum absolute atomic E-state index is 12.6. The zero-order valence-electron chi connectivity index (χ0n) is 13.4. The van der Waals surface area contributed by atoms with Crippen LogP contribution >= 0.6 is 11.3 Å². The topological polar surface area (TPSA) is 72.5 Å². The van der Waals surface area contributed by atoms with E-state index in [4.69, 9.17) is 4.74 Å². The van der Waals surface area contributed by atoms with Gasteiger partial charge >= 0.3 is 5.97 Å². The van der Waals surface area contributed by atoms with Gasteiger partial charge in [-0.15, -0.1) is 11.3 Å². The Balaban J connectivity index is 1.70. The van der Waals surface area contributed by atoms with Gasteiger partial charge in [0, 0.05) is 10.9 Å². The van der Waals surface area contributed by atoms with Crippen molar-refractivity contribution in [2.75, 3.05) is 6.61 Å². The lowest BCUT2D eigenvalue weighted by Crippen LogP contribution is -2.46. The molecule has 1 N–H and O–H groups in total. The Morgan fingerprint density at radius 3 is 2.48 bits per heavy atom. The van der Waals surface area contributed by atoms with Gasteiger partial charge in [-0.1, -0.05) is 0 Å². The van der Waals surface area contributed by atoms with Crippen LogP contribution in [-0.2, 0) is 19.6 Å². The molecule has 2 fully saturated rings. The molecule has 2 bridgehead atoms. The van der Waals surface area contributed by atoms with Gasteiger partial charge in [0.15, 0.2) is 0 Å². The Bertz CT molecular complexity index is 668. The number of carbonyl (C=O) groups is 1. The van der Waals surface area contributed by atoms with Crippen molar-refractivity contribution in [2.24, 2.45) is 17.8 Å². The molecule has 0 radical (unpaired) electrons. The van der Waals surface area contributed by atoms with Gasteiger partial charge in [0.1, 0.15) is 4.21 Å². The highest BCUT2D eigenvalue weighted by atomic mass is 32.2. The van der Waals surface area contributed by atoms with Gasteiger partial charge in [0.05, 0.1) is 12.5 Å². The molecule has 0 aliphatic heterocycles. The number of thiophene rings is 1. The number of rotatable bonds is 5. The molecule has 1 heterocycles. The van der Waals surface area contributed by atoms with Gasteiger partial charge < -0.3 is 4.74 Å². The fourth-order valence-electron chi connectivity index (χ4n) is 3.97. The third kappa shape index (κ3) is 3.46. The van der Waals surface area contributed by atoms with E-state index < -0.39 is 10.0 Å². The molecule has 0 saturated heterocycles. The lowest BCUT2D eigenvalue weighted by atomic mass is 9.78. The molecule has 0 spiro atoms. The predicted octanol–water partition coefficient (Wildman–Crippen LogP) is 2.70. The summed E-state index contributed by atoms with van der Waals surface area (Å²) in [6, 6.07) is 3.44. The van der Waals surface area contributed by atoms with E-state index in [1.807, 2.05) is 19.9 Å². The molecule has 2 aliphatic rings. The van der Waals surface area contributed by atoms with E-state index in [-0.39, 0.29) is 29.8 Å². The van der Waals surface area contributed by atoms with Crippen molar-refractivity contribution in [1.29, 1.82) is 0 Å². The van der Waals surface area contributed by atoms with Crippen LogP contribution in [0.4, 0.5) is 0 Å². The number of sulfonamides is 1. The van der Waals surface area contributed by atoms with Gasteiger partial charge in [-0.05, 0) is 63.5 Å². The Kier molecular flexibility index (Phi) is 4.80. The van der Waals surface area contributed by atoms with Gasteiger partial charge in [-0.25, -0.2) is 13.1 Å². The SMILES string of the molecule is CCOC(=O)C1CC2CCC(C1)C2NS(=O)(=O)c1ccc(C)s1. The van der Waals surface area contributed by atoms with E-state index in [9.17, 15) is 13.2 Å². The van der Waals surface area contributed by atoms with Crippen LogP contribution in [-0.4, -0.2) is 27.0 Å². The first-order valence-corrected chi connectivity index (χ1v) is 10.5. The zero-order chi connectivity index (χ0) is 16.6. The van der Waals surface area contributed by atoms with Gasteiger partial charge in [0.25, 0.3) is 0 Å². The quantitative estimate of drug-likeness (QED) is 0.823. The predicted molar refractivity (Wildman–Crippen MR) is 88.7 cm³/mol. The maximum atomic E-state index is 12.6. The molecule has 2 unspecified atom stereocenters. The highest BCUT2D eigenvalue weighted by molar-refractivity contribution is 7.91. The normalized spacial score (nSPS) is 30.3. The Labute approximate surface area is 141 Å². The first-order valence-electron chi connectivity index (χ1n) is 8.16. The van der Waals surface area contributed by atoms with Gasteiger partial charge in [-0.3, -0.25) is 4.79 Å². The van der Waals surface area contributed by atoms with Crippen LogP contribution in [0.1, 0.15) is 37.5 Å². The molecule has 3 rings (SSSR count). The van der Waals surface area contributed by atoms with Crippen molar-refractivity contribution in [3.63, 3.8) is 0 Å². The number of carbonyl (C=O) groups excluding carboxylic acids is 1. The average Bonchev–Trinajstić information content (AvgIpc) is 3.00. The summed E-state index contributed by atoms with van der Waals surface area (Å²) in [5.41, 5.74) is 0. The average molecular weight is 357 g/mol. The molecule has 2 saturated carbocycles. The molecular weight excluding hydrogens is 334 g/mol. The van der Waals surface area contributed by atoms with Crippen LogP contribution in [0.2, 0.25) is 0 Å². The summed E-state index contributed by atoms with van der Waals surface area (Å²) in [4.78, 5) is 13.0. The minimum Gasteiger partial charge on any atom is -0.466 e. The van der Waals surface area contributed by atoms with Crippen LogP contribution < -0.4 is 4.72 Å². The standard InChI is InChI=1S/C16H23NO4S2/c1-3-21-16(18)13-8-11-5-6-12(9-13)15(11)17-23(19,20)14-7-4-10(2)22-14/h4,7,11-13,15,17H,3,5-6,8-9H2,1-2H3. The molecule has 0 amide bonds.